The summed E-state index contributed by atoms with van der Waals surface area (Å²) < 4.78 is 0. The number of hydrogen-bond donors (Lipinski definition) is 0. The molecule has 0 aliphatic carbocycles. The van der Waals surface area contributed by atoms with Crippen molar-refractivity contribution in [1.82, 2.24) is 4.98 Å². The van der Waals surface area contributed by atoms with Crippen molar-refractivity contribution >= 4 is 22.5 Å². The van der Waals surface area contributed by atoms with Gasteiger partial charge in [0.2, 0.25) is 0 Å². The van der Waals surface area contributed by atoms with Crippen molar-refractivity contribution in [2.75, 3.05) is 0 Å². The van der Waals surface area contributed by atoms with E-state index < -0.39 is 5.41 Å². The van der Waals surface area contributed by atoms with Crippen molar-refractivity contribution in [3.8, 4) is 0 Å². The number of fused-ring (bicyclic) bond motifs is 1. The van der Waals surface area contributed by atoms with Gasteiger partial charge >= 0.3 is 29.6 Å². The van der Waals surface area contributed by atoms with Crippen molar-refractivity contribution in [3.63, 3.8) is 0 Å². The minimum Gasteiger partial charge on any atom is -0.625 e. The zero-order valence-electron chi connectivity index (χ0n) is 11.3. The van der Waals surface area contributed by atoms with Crippen molar-refractivity contribution in [3.05, 3.63) is 41.8 Å². The summed E-state index contributed by atoms with van der Waals surface area (Å²) in [5.74, 6) is -0.129. The van der Waals surface area contributed by atoms with Crippen molar-refractivity contribution in [1.29, 1.82) is 0 Å². The van der Waals surface area contributed by atoms with Crippen LogP contribution in [0.15, 0.2) is 36.5 Å². The summed E-state index contributed by atoms with van der Waals surface area (Å²) in [7, 11) is 0. The molecule has 2 rings (SSSR count). The monoisotopic (exact) mass is 250 g/mol. The van der Waals surface area contributed by atoms with E-state index in [9.17, 15) is 4.79 Å². The molecule has 0 N–H and O–H groups in total. The molecule has 88 valence electrons. The van der Waals surface area contributed by atoms with Gasteiger partial charge in [-0.15, -0.1) is 5.69 Å². The third kappa shape index (κ3) is 3.31. The van der Waals surface area contributed by atoms with Gasteiger partial charge in [0, 0.05) is 11.6 Å². The normalized spacial score (nSPS) is 10.8. The van der Waals surface area contributed by atoms with Crippen LogP contribution >= 0.6 is 0 Å². The molecule has 0 bridgehead atoms. The van der Waals surface area contributed by atoms with Crippen LogP contribution in [0.2, 0.25) is 0 Å². The Kier molecular flexibility index (Phi) is 4.91. The first kappa shape index (κ1) is 15.2. The zero-order valence-corrected chi connectivity index (χ0v) is 13.3. The van der Waals surface area contributed by atoms with Gasteiger partial charge in [-0.05, 0) is 11.5 Å². The van der Waals surface area contributed by atoms with Crippen molar-refractivity contribution in [2.45, 2.75) is 20.8 Å². The maximum absolute atomic E-state index is 11.9. The predicted octanol–water partition coefficient (Wildman–Crippen LogP) is 0.817. The van der Waals surface area contributed by atoms with Crippen LogP contribution in [0.4, 0.5) is 5.69 Å². The number of hydrogen-bond acceptors (Lipinski definition) is 2. The fraction of sp³-hybridized carbons (Fsp3) is 0.286. The van der Waals surface area contributed by atoms with E-state index in [1.807, 2.05) is 51.1 Å². The molecule has 0 saturated heterocycles. The third-order valence-corrected chi connectivity index (χ3v) is 2.48. The van der Waals surface area contributed by atoms with Crippen LogP contribution in [-0.4, -0.2) is 10.9 Å². The third-order valence-electron chi connectivity index (χ3n) is 2.48. The molecule has 0 atom stereocenters. The van der Waals surface area contributed by atoms with Gasteiger partial charge < -0.3 is 10.1 Å². The van der Waals surface area contributed by atoms with Crippen LogP contribution < -0.4 is 29.6 Å². The van der Waals surface area contributed by atoms with E-state index in [0.29, 0.717) is 5.69 Å². The minimum atomic E-state index is -0.461. The Morgan fingerprint density at radius 3 is 2.50 bits per heavy atom. The van der Waals surface area contributed by atoms with Crippen LogP contribution in [-0.2, 0) is 4.79 Å². The molecule has 0 fully saturated rings. The van der Waals surface area contributed by atoms with Crippen LogP contribution in [0.25, 0.3) is 16.2 Å². The summed E-state index contributed by atoms with van der Waals surface area (Å²) in [5.41, 5.74) is 0.951. The first-order valence-corrected chi connectivity index (χ1v) is 5.58. The number of carbonyl (C=O) groups is 1. The number of pyridine rings is 1. The standard InChI is InChI=1S/C14H16N2O.Na/c1-14(2,3)13(17)16-11-8-4-6-10-7-5-9-15-12(10)11;/h4-9H,1-3H3,(H,16,17);/q;+1/p-1. The number of nitrogens with zero attached hydrogens (tertiary/aromatic N) is 2. The molecule has 1 amide bonds. The molecular formula is C14H15N2NaO. The Hall–Kier alpha value is -0.900. The topological polar surface area (TPSA) is 44.1 Å². The maximum atomic E-state index is 11.9. The van der Waals surface area contributed by atoms with E-state index >= 15 is 0 Å². The smallest absolute Gasteiger partial charge is 0.625 e. The molecular weight excluding hydrogens is 235 g/mol. The van der Waals surface area contributed by atoms with Crippen molar-refractivity contribution in [2.24, 2.45) is 5.41 Å². The van der Waals surface area contributed by atoms with Crippen LogP contribution in [0.5, 0.6) is 0 Å². The number of carbonyl (C=O) groups excluding carboxylic acids is 1. The zero-order chi connectivity index (χ0) is 12.5. The number of aromatic nitrogens is 1. The van der Waals surface area contributed by atoms with Crippen LogP contribution in [0.3, 0.4) is 0 Å². The molecule has 4 heteroatoms. The summed E-state index contributed by atoms with van der Waals surface area (Å²) >= 11 is 0. The number of amides is 1. The van der Waals surface area contributed by atoms with Crippen LogP contribution in [0.1, 0.15) is 20.8 Å². The van der Waals surface area contributed by atoms with E-state index in [2.05, 4.69) is 10.3 Å². The summed E-state index contributed by atoms with van der Waals surface area (Å²) in [4.78, 5) is 16.2. The fourth-order valence-corrected chi connectivity index (χ4v) is 1.46. The molecule has 0 unspecified atom stereocenters. The summed E-state index contributed by atoms with van der Waals surface area (Å²) in [6.07, 6.45) is 1.71. The Bertz CT molecular complexity index is 556. The van der Waals surface area contributed by atoms with Gasteiger partial charge in [-0.25, -0.2) is 0 Å². The Morgan fingerprint density at radius 1 is 1.17 bits per heavy atom. The fourth-order valence-electron chi connectivity index (χ4n) is 1.46. The largest absolute Gasteiger partial charge is 1.00 e. The Morgan fingerprint density at radius 2 is 1.83 bits per heavy atom. The number of rotatable bonds is 1. The summed E-state index contributed by atoms with van der Waals surface area (Å²) in [6.45, 7) is 5.58. The van der Waals surface area contributed by atoms with E-state index in [4.69, 9.17) is 0 Å². The molecule has 3 nitrogen and oxygen atoms in total. The van der Waals surface area contributed by atoms with Gasteiger partial charge in [0.25, 0.3) is 0 Å². The Balaban J connectivity index is 0.00000162. The van der Waals surface area contributed by atoms with Crippen LogP contribution in [0, 0.1) is 5.41 Å². The van der Waals surface area contributed by atoms with E-state index in [0.717, 1.165) is 10.9 Å². The second kappa shape index (κ2) is 5.83. The molecule has 0 saturated carbocycles. The van der Waals surface area contributed by atoms with Gasteiger partial charge in [-0.1, -0.05) is 45.0 Å². The summed E-state index contributed by atoms with van der Waals surface area (Å²) in [6, 6.07) is 9.50. The molecule has 1 aromatic carbocycles. The molecule has 18 heavy (non-hydrogen) atoms. The van der Waals surface area contributed by atoms with Gasteiger partial charge in [-0.3, -0.25) is 4.98 Å². The van der Waals surface area contributed by atoms with Gasteiger partial charge in [0.15, 0.2) is 0 Å². The van der Waals surface area contributed by atoms with E-state index in [1.54, 1.807) is 6.20 Å². The maximum Gasteiger partial charge on any atom is 1.00 e. The molecule has 0 aliphatic heterocycles. The summed E-state index contributed by atoms with van der Waals surface area (Å²) in [5, 5.41) is 5.15. The average Bonchev–Trinajstić information content (AvgIpc) is 2.28. The molecule has 0 radical (unpaired) electrons. The van der Waals surface area contributed by atoms with Gasteiger partial charge in [0.1, 0.15) is 0 Å². The molecule has 0 aliphatic rings. The van der Waals surface area contributed by atoms with E-state index in [1.165, 1.54) is 0 Å². The Labute approximate surface area is 129 Å². The number of para-hydroxylation sites is 1. The first-order chi connectivity index (χ1) is 7.98. The quantitative estimate of drug-likeness (QED) is 0.703. The molecule has 2 aromatic rings. The second-order valence-corrected chi connectivity index (χ2v) is 5.02. The van der Waals surface area contributed by atoms with Crippen molar-refractivity contribution < 1.29 is 34.4 Å². The van der Waals surface area contributed by atoms with Gasteiger partial charge in [-0.2, -0.15) is 0 Å². The van der Waals surface area contributed by atoms with E-state index in [-0.39, 0.29) is 35.5 Å². The minimum absolute atomic E-state index is 0. The first-order valence-electron chi connectivity index (χ1n) is 5.58. The molecule has 1 heterocycles. The van der Waals surface area contributed by atoms with Gasteiger partial charge in [0.05, 0.1) is 11.4 Å². The second-order valence-electron chi connectivity index (χ2n) is 5.02. The average molecular weight is 250 g/mol. The SMILES string of the molecule is CC(C)(C)C(=O)[N-]c1cccc2cccnc12.[Na+]. The number of benzene rings is 1. The molecule has 0 spiro atoms. The molecule has 1 aromatic heterocycles. The predicted molar refractivity (Wildman–Crippen MR) is 69.2 cm³/mol.